The van der Waals surface area contributed by atoms with Crippen LogP contribution in [0.2, 0.25) is 5.02 Å². The topological polar surface area (TPSA) is 83.4 Å². The fraction of sp³-hybridized carbons (Fsp3) is 0.294. The van der Waals surface area contributed by atoms with Gasteiger partial charge in [-0.25, -0.2) is 4.79 Å². The third kappa shape index (κ3) is 4.29. The van der Waals surface area contributed by atoms with Gasteiger partial charge in [0.05, 0.1) is 19.4 Å². The fourth-order valence-electron chi connectivity index (χ4n) is 2.54. The molecule has 0 bridgehead atoms. The van der Waals surface area contributed by atoms with Crippen LogP contribution in [0.3, 0.4) is 0 Å². The molecule has 1 heterocycles. The molecule has 1 saturated carbocycles. The van der Waals surface area contributed by atoms with Crippen LogP contribution in [0, 0.1) is 0 Å². The normalized spacial score (nSPS) is 18.7. The Kier molecular flexibility index (Phi) is 5.05. The number of hydrogen-bond acceptors (Lipinski definition) is 3. The Morgan fingerprint density at radius 1 is 1.17 bits per heavy atom. The third-order valence-corrected chi connectivity index (χ3v) is 4.20. The van der Waals surface area contributed by atoms with E-state index in [1.54, 1.807) is 12.1 Å². The van der Waals surface area contributed by atoms with Crippen LogP contribution >= 0.6 is 11.6 Å². The molecule has 1 aromatic carbocycles. The maximum absolute atomic E-state index is 11.9. The van der Waals surface area contributed by atoms with Crippen LogP contribution in [0.4, 0.5) is 4.79 Å². The summed E-state index contributed by atoms with van der Waals surface area (Å²) in [6.07, 6.45) is 2.40. The van der Waals surface area contributed by atoms with Crippen molar-refractivity contribution in [2.45, 2.75) is 24.9 Å². The molecule has 0 spiro atoms. The van der Waals surface area contributed by atoms with E-state index in [0.717, 1.165) is 17.0 Å². The molecule has 1 aliphatic rings. The number of carbonyl (C=O) groups excluding carboxylic acids is 2. The molecule has 1 aromatic heterocycles. The zero-order valence-corrected chi connectivity index (χ0v) is 13.7. The van der Waals surface area contributed by atoms with Gasteiger partial charge in [0.25, 0.3) is 0 Å². The van der Waals surface area contributed by atoms with Crippen LogP contribution in [-0.4, -0.2) is 24.5 Å². The molecule has 6 nitrogen and oxygen atoms in total. The molecule has 0 saturated heterocycles. The second-order valence-corrected chi connectivity index (χ2v) is 6.06. The van der Waals surface area contributed by atoms with Gasteiger partial charge in [0.1, 0.15) is 5.76 Å². The van der Waals surface area contributed by atoms with Crippen molar-refractivity contribution in [2.75, 3.05) is 6.54 Å². The van der Waals surface area contributed by atoms with E-state index in [2.05, 4.69) is 16.0 Å². The molecule has 2 aromatic rings. The van der Waals surface area contributed by atoms with E-state index < -0.39 is 6.03 Å². The SMILES string of the molecule is O=C(CNC(=O)NCc1ccco1)N[C@H]1C[C@@H]1c1ccccc1Cl. The maximum Gasteiger partial charge on any atom is 0.315 e. The highest BCUT2D eigenvalue weighted by Crippen LogP contribution is 2.43. The van der Waals surface area contributed by atoms with Crippen molar-refractivity contribution >= 4 is 23.5 Å². The van der Waals surface area contributed by atoms with E-state index in [9.17, 15) is 9.59 Å². The number of hydrogen-bond donors (Lipinski definition) is 3. The minimum atomic E-state index is -0.417. The molecule has 3 amide bonds. The van der Waals surface area contributed by atoms with Crippen molar-refractivity contribution in [3.63, 3.8) is 0 Å². The van der Waals surface area contributed by atoms with Crippen LogP contribution in [0.25, 0.3) is 0 Å². The van der Waals surface area contributed by atoms with Crippen LogP contribution in [-0.2, 0) is 11.3 Å². The van der Waals surface area contributed by atoms with Crippen LogP contribution in [0.15, 0.2) is 47.1 Å². The summed E-state index contributed by atoms with van der Waals surface area (Å²) in [7, 11) is 0. The molecule has 0 unspecified atom stereocenters. The summed E-state index contributed by atoms with van der Waals surface area (Å²) in [5.74, 6) is 0.674. The van der Waals surface area contributed by atoms with Gasteiger partial charge in [-0.15, -0.1) is 0 Å². The lowest BCUT2D eigenvalue weighted by Crippen LogP contribution is -2.42. The lowest BCUT2D eigenvalue weighted by molar-refractivity contribution is -0.120. The van der Waals surface area contributed by atoms with E-state index in [1.807, 2.05) is 24.3 Å². The van der Waals surface area contributed by atoms with Gasteiger partial charge in [-0.3, -0.25) is 4.79 Å². The number of nitrogens with one attached hydrogen (secondary N) is 3. The second-order valence-electron chi connectivity index (χ2n) is 5.65. The lowest BCUT2D eigenvalue weighted by atomic mass is 10.1. The predicted molar refractivity (Wildman–Crippen MR) is 89.7 cm³/mol. The van der Waals surface area contributed by atoms with Crippen LogP contribution in [0.1, 0.15) is 23.7 Å². The standard InChI is InChI=1S/C17H18ClN3O3/c18-14-6-2-1-5-12(14)13-8-15(13)21-16(22)10-20-17(23)19-9-11-4-3-7-24-11/h1-7,13,15H,8-10H2,(H,21,22)(H2,19,20,23)/t13-,15+/m1/s1. The first-order valence-corrected chi connectivity index (χ1v) is 8.09. The average molecular weight is 348 g/mol. The Morgan fingerprint density at radius 3 is 2.75 bits per heavy atom. The number of urea groups is 1. The zero-order chi connectivity index (χ0) is 16.9. The van der Waals surface area contributed by atoms with Gasteiger partial charge in [-0.1, -0.05) is 29.8 Å². The molecule has 0 aliphatic heterocycles. The quantitative estimate of drug-likeness (QED) is 0.750. The molecule has 3 rings (SSSR count). The monoisotopic (exact) mass is 347 g/mol. The summed E-state index contributed by atoms with van der Waals surface area (Å²) in [5.41, 5.74) is 1.05. The molecule has 1 fully saturated rings. The number of benzene rings is 1. The summed E-state index contributed by atoms with van der Waals surface area (Å²) in [5, 5.41) is 8.74. The molecule has 3 N–H and O–H groups in total. The van der Waals surface area contributed by atoms with Gasteiger partial charge in [0, 0.05) is 17.0 Å². The van der Waals surface area contributed by atoms with Crippen molar-refractivity contribution in [1.29, 1.82) is 0 Å². The van der Waals surface area contributed by atoms with Crippen molar-refractivity contribution in [3.05, 3.63) is 59.0 Å². The highest BCUT2D eigenvalue weighted by molar-refractivity contribution is 6.31. The lowest BCUT2D eigenvalue weighted by Gasteiger charge is -2.08. The molecule has 1 aliphatic carbocycles. The number of halogens is 1. The van der Waals surface area contributed by atoms with Gasteiger partial charge >= 0.3 is 6.03 Å². The van der Waals surface area contributed by atoms with Crippen LogP contribution < -0.4 is 16.0 Å². The third-order valence-electron chi connectivity index (χ3n) is 3.85. The number of furan rings is 1. The van der Waals surface area contributed by atoms with Crippen molar-refractivity contribution in [1.82, 2.24) is 16.0 Å². The van der Waals surface area contributed by atoms with Gasteiger partial charge < -0.3 is 20.4 Å². The van der Waals surface area contributed by atoms with Gasteiger partial charge in [-0.2, -0.15) is 0 Å². The summed E-state index contributed by atoms with van der Waals surface area (Å²) >= 11 is 6.16. The highest BCUT2D eigenvalue weighted by Gasteiger charge is 2.40. The Labute approximate surface area is 144 Å². The predicted octanol–water partition coefficient (Wildman–Crippen LogP) is 2.40. The van der Waals surface area contributed by atoms with E-state index in [-0.39, 0.29) is 31.0 Å². The van der Waals surface area contributed by atoms with E-state index in [4.69, 9.17) is 16.0 Å². The smallest absolute Gasteiger partial charge is 0.315 e. The van der Waals surface area contributed by atoms with Gasteiger partial charge in [-0.05, 0) is 30.2 Å². The first kappa shape index (κ1) is 16.4. The zero-order valence-electron chi connectivity index (χ0n) is 12.9. The first-order valence-electron chi connectivity index (χ1n) is 7.71. The Hall–Kier alpha value is -2.47. The van der Waals surface area contributed by atoms with E-state index >= 15 is 0 Å². The molecule has 2 atom stereocenters. The number of carbonyl (C=O) groups is 2. The Balaban J connectivity index is 1.36. The van der Waals surface area contributed by atoms with Crippen molar-refractivity contribution in [3.8, 4) is 0 Å². The molecular formula is C17H18ClN3O3. The minimum Gasteiger partial charge on any atom is -0.467 e. The maximum atomic E-state index is 11.9. The number of amides is 3. The number of rotatable bonds is 6. The van der Waals surface area contributed by atoms with E-state index in [0.29, 0.717) is 5.76 Å². The molecule has 0 radical (unpaired) electrons. The Bertz CT molecular complexity index is 718. The minimum absolute atomic E-state index is 0.0737. The molecule has 7 heteroatoms. The molecular weight excluding hydrogens is 330 g/mol. The summed E-state index contributed by atoms with van der Waals surface area (Å²) in [6.45, 7) is 0.202. The highest BCUT2D eigenvalue weighted by atomic mass is 35.5. The average Bonchev–Trinajstić information content (AvgIpc) is 3.11. The molecule has 24 heavy (non-hydrogen) atoms. The van der Waals surface area contributed by atoms with Crippen molar-refractivity contribution in [2.24, 2.45) is 0 Å². The van der Waals surface area contributed by atoms with Crippen LogP contribution in [0.5, 0.6) is 0 Å². The first-order chi connectivity index (χ1) is 11.6. The summed E-state index contributed by atoms with van der Waals surface area (Å²) in [4.78, 5) is 23.5. The van der Waals surface area contributed by atoms with E-state index in [1.165, 1.54) is 6.26 Å². The van der Waals surface area contributed by atoms with Gasteiger partial charge in [0.2, 0.25) is 5.91 Å². The second kappa shape index (κ2) is 7.40. The van der Waals surface area contributed by atoms with Crippen molar-refractivity contribution < 1.29 is 14.0 Å². The Morgan fingerprint density at radius 2 is 2.00 bits per heavy atom. The summed E-state index contributed by atoms with van der Waals surface area (Å²) < 4.78 is 5.10. The summed E-state index contributed by atoms with van der Waals surface area (Å²) in [6, 6.07) is 10.8. The molecule has 126 valence electrons. The fourth-order valence-corrected chi connectivity index (χ4v) is 2.81. The largest absolute Gasteiger partial charge is 0.467 e. The van der Waals surface area contributed by atoms with Gasteiger partial charge in [0.15, 0.2) is 0 Å².